The Balaban J connectivity index is 2.90. The van der Waals surface area contributed by atoms with E-state index in [-0.39, 0.29) is 18.6 Å². The second kappa shape index (κ2) is 6.50. The zero-order chi connectivity index (χ0) is 14.4. The fourth-order valence-electron chi connectivity index (χ4n) is 1.28. The van der Waals surface area contributed by atoms with E-state index in [1.807, 2.05) is 0 Å². The van der Waals surface area contributed by atoms with Gasteiger partial charge in [-0.1, -0.05) is 11.8 Å². The Hall–Kier alpha value is -2.42. The van der Waals surface area contributed by atoms with Crippen LogP contribution < -0.4 is 0 Å². The van der Waals surface area contributed by atoms with Crippen molar-refractivity contribution in [2.45, 2.75) is 13.3 Å². The SMILES string of the molecule is CCOC(=O)CC#Cc1cc(F)c(C(=O)O)c(F)c1. The molecule has 0 radical (unpaired) electrons. The van der Waals surface area contributed by atoms with Gasteiger partial charge >= 0.3 is 11.9 Å². The predicted octanol–water partition coefficient (Wildman–Crippen LogP) is 1.97. The first-order valence-electron chi connectivity index (χ1n) is 5.32. The van der Waals surface area contributed by atoms with Crippen LogP contribution in [0.1, 0.15) is 29.3 Å². The van der Waals surface area contributed by atoms with Crippen molar-refractivity contribution in [1.29, 1.82) is 0 Å². The summed E-state index contributed by atoms with van der Waals surface area (Å²) < 4.78 is 31.2. The van der Waals surface area contributed by atoms with Crippen molar-refractivity contribution < 1.29 is 28.2 Å². The molecule has 100 valence electrons. The molecule has 1 N–H and O–H groups in total. The number of ether oxygens (including phenoxy) is 1. The topological polar surface area (TPSA) is 63.6 Å². The molecule has 0 atom stereocenters. The summed E-state index contributed by atoms with van der Waals surface area (Å²) in [5.41, 5.74) is -1.08. The second-order valence-electron chi connectivity index (χ2n) is 3.40. The van der Waals surface area contributed by atoms with Crippen molar-refractivity contribution in [3.05, 3.63) is 34.9 Å². The third kappa shape index (κ3) is 4.07. The summed E-state index contributed by atoms with van der Waals surface area (Å²) in [5.74, 6) is 0.0754. The van der Waals surface area contributed by atoms with E-state index in [1.165, 1.54) is 0 Å². The molecule has 4 nitrogen and oxygen atoms in total. The normalized spacial score (nSPS) is 9.42. The molecule has 6 heteroatoms. The van der Waals surface area contributed by atoms with Crippen molar-refractivity contribution in [1.82, 2.24) is 0 Å². The number of carbonyl (C=O) groups is 2. The maximum atomic E-state index is 13.3. The van der Waals surface area contributed by atoms with Crippen LogP contribution >= 0.6 is 0 Å². The summed E-state index contributed by atoms with van der Waals surface area (Å²) >= 11 is 0. The fourth-order valence-corrected chi connectivity index (χ4v) is 1.28. The van der Waals surface area contributed by atoms with Crippen LogP contribution in [0.15, 0.2) is 12.1 Å². The summed E-state index contributed by atoms with van der Waals surface area (Å²) in [5, 5.41) is 8.57. The first kappa shape index (κ1) is 14.6. The van der Waals surface area contributed by atoms with E-state index in [1.54, 1.807) is 6.92 Å². The van der Waals surface area contributed by atoms with Crippen molar-refractivity contribution in [3.63, 3.8) is 0 Å². The standard InChI is InChI=1S/C13H10F2O4/c1-2-19-11(16)5-3-4-8-6-9(14)12(13(17)18)10(15)7-8/h6-7H,2,5H2,1H3,(H,17,18). The summed E-state index contributed by atoms with van der Waals surface area (Å²) in [6.07, 6.45) is -0.211. The second-order valence-corrected chi connectivity index (χ2v) is 3.40. The first-order valence-corrected chi connectivity index (χ1v) is 5.32. The molecule has 0 aliphatic carbocycles. The molecule has 1 aromatic rings. The van der Waals surface area contributed by atoms with Crippen LogP contribution in [-0.4, -0.2) is 23.7 Å². The third-order valence-corrected chi connectivity index (χ3v) is 2.03. The van der Waals surface area contributed by atoms with Gasteiger partial charge in [-0.2, -0.15) is 0 Å². The van der Waals surface area contributed by atoms with Gasteiger partial charge in [0.05, 0.1) is 6.61 Å². The lowest BCUT2D eigenvalue weighted by Crippen LogP contribution is -2.05. The Labute approximate surface area is 108 Å². The van der Waals surface area contributed by atoms with Gasteiger partial charge in [-0.15, -0.1) is 0 Å². The zero-order valence-electron chi connectivity index (χ0n) is 10.00. The lowest BCUT2D eigenvalue weighted by Gasteiger charge is -2.00. The molecule has 0 aliphatic rings. The fraction of sp³-hybridized carbons (Fsp3) is 0.231. The van der Waals surface area contributed by atoms with Crippen molar-refractivity contribution >= 4 is 11.9 Å². The van der Waals surface area contributed by atoms with Crippen LogP contribution in [0.2, 0.25) is 0 Å². The van der Waals surface area contributed by atoms with Gasteiger partial charge in [-0.25, -0.2) is 13.6 Å². The van der Waals surface area contributed by atoms with E-state index in [9.17, 15) is 18.4 Å². The molecule has 0 spiro atoms. The Kier molecular flexibility index (Phi) is 5.01. The van der Waals surface area contributed by atoms with Crippen LogP contribution in [0.3, 0.4) is 0 Å². The third-order valence-electron chi connectivity index (χ3n) is 2.03. The molecule has 0 bridgehead atoms. The predicted molar refractivity (Wildman–Crippen MR) is 61.4 cm³/mol. The van der Waals surface area contributed by atoms with Crippen LogP contribution in [0.5, 0.6) is 0 Å². The van der Waals surface area contributed by atoms with Gasteiger partial charge in [-0.05, 0) is 19.1 Å². The summed E-state index contributed by atoms with van der Waals surface area (Å²) in [4.78, 5) is 21.5. The summed E-state index contributed by atoms with van der Waals surface area (Å²) in [7, 11) is 0. The molecule has 1 aromatic carbocycles. The van der Waals surface area contributed by atoms with Gasteiger partial charge in [0.15, 0.2) is 0 Å². The van der Waals surface area contributed by atoms with Crippen LogP contribution in [0.25, 0.3) is 0 Å². The minimum absolute atomic E-state index is 0.0516. The average molecular weight is 268 g/mol. The Morgan fingerprint density at radius 1 is 1.32 bits per heavy atom. The number of carbonyl (C=O) groups excluding carboxylic acids is 1. The van der Waals surface area contributed by atoms with Crippen LogP contribution in [0.4, 0.5) is 8.78 Å². The maximum Gasteiger partial charge on any atom is 0.341 e. The molecule has 0 saturated heterocycles. The summed E-state index contributed by atoms with van der Waals surface area (Å²) in [6.45, 7) is 1.86. The van der Waals surface area contributed by atoms with Crippen LogP contribution in [0, 0.1) is 23.5 Å². The molecular formula is C13H10F2O4. The maximum absolute atomic E-state index is 13.3. The Bertz CT molecular complexity index is 547. The van der Waals surface area contributed by atoms with Crippen LogP contribution in [-0.2, 0) is 9.53 Å². The molecule has 1 rings (SSSR count). The largest absolute Gasteiger partial charge is 0.477 e. The minimum atomic E-state index is -1.69. The number of rotatable bonds is 3. The summed E-state index contributed by atoms with van der Waals surface area (Å²) in [6, 6.07) is 1.59. The number of halogens is 2. The van der Waals surface area contributed by atoms with E-state index < -0.39 is 29.1 Å². The molecule has 0 aromatic heterocycles. The van der Waals surface area contributed by atoms with Gasteiger partial charge in [0.25, 0.3) is 0 Å². The number of hydrogen-bond acceptors (Lipinski definition) is 3. The molecular weight excluding hydrogens is 258 g/mol. The van der Waals surface area contributed by atoms with Gasteiger partial charge in [0, 0.05) is 5.56 Å². The van der Waals surface area contributed by atoms with Crippen molar-refractivity contribution in [3.8, 4) is 11.8 Å². The number of carboxylic acid groups (broad SMARTS) is 1. The number of carboxylic acids is 1. The number of esters is 1. The first-order chi connectivity index (χ1) is 8.95. The van der Waals surface area contributed by atoms with E-state index in [0.717, 1.165) is 12.1 Å². The smallest absolute Gasteiger partial charge is 0.341 e. The molecule has 0 unspecified atom stereocenters. The van der Waals surface area contributed by atoms with Gasteiger partial charge in [0.1, 0.15) is 23.6 Å². The van der Waals surface area contributed by atoms with E-state index in [0.29, 0.717) is 0 Å². The average Bonchev–Trinajstić information content (AvgIpc) is 2.27. The monoisotopic (exact) mass is 268 g/mol. The highest BCUT2D eigenvalue weighted by molar-refractivity contribution is 5.88. The molecule has 0 amide bonds. The highest BCUT2D eigenvalue weighted by Gasteiger charge is 2.17. The quantitative estimate of drug-likeness (QED) is 0.672. The number of aromatic carboxylic acids is 1. The van der Waals surface area contributed by atoms with E-state index >= 15 is 0 Å². The van der Waals surface area contributed by atoms with Gasteiger partial charge in [0.2, 0.25) is 0 Å². The Morgan fingerprint density at radius 3 is 2.37 bits per heavy atom. The molecule has 19 heavy (non-hydrogen) atoms. The van der Waals surface area contributed by atoms with Crippen molar-refractivity contribution in [2.75, 3.05) is 6.61 Å². The molecule has 0 saturated carbocycles. The van der Waals surface area contributed by atoms with E-state index in [2.05, 4.69) is 16.6 Å². The zero-order valence-corrected chi connectivity index (χ0v) is 10.00. The van der Waals surface area contributed by atoms with E-state index in [4.69, 9.17) is 5.11 Å². The lowest BCUT2D eigenvalue weighted by molar-refractivity contribution is -0.141. The lowest BCUT2D eigenvalue weighted by atomic mass is 10.1. The molecule has 0 aliphatic heterocycles. The highest BCUT2D eigenvalue weighted by Crippen LogP contribution is 2.14. The number of hydrogen-bond donors (Lipinski definition) is 1. The van der Waals surface area contributed by atoms with Crippen molar-refractivity contribution in [2.24, 2.45) is 0 Å². The van der Waals surface area contributed by atoms with Gasteiger partial charge in [-0.3, -0.25) is 4.79 Å². The van der Waals surface area contributed by atoms with Gasteiger partial charge < -0.3 is 9.84 Å². The minimum Gasteiger partial charge on any atom is -0.477 e. The molecule has 0 fully saturated rings. The Morgan fingerprint density at radius 2 is 1.89 bits per heavy atom. The highest BCUT2D eigenvalue weighted by atomic mass is 19.1. The number of benzene rings is 1. The molecule has 0 heterocycles.